The number of likely N-dealkylation sites (tertiary alicyclic amines) is 1. The van der Waals surface area contributed by atoms with Crippen LogP contribution in [-0.4, -0.2) is 50.5 Å². The molecule has 0 spiro atoms. The van der Waals surface area contributed by atoms with E-state index < -0.39 is 0 Å². The summed E-state index contributed by atoms with van der Waals surface area (Å²) in [7, 11) is 1.70. The van der Waals surface area contributed by atoms with Crippen LogP contribution in [0.2, 0.25) is 0 Å². The summed E-state index contributed by atoms with van der Waals surface area (Å²) < 4.78 is 8.04. The standard InChI is InChI=1S/C29H32N6O2/c1-4-25(36)34-15-7-9-23(17-34)35-19(2)26(27-28(30)32-18-33-29(27)35)21-11-10-20(24(16-21)37-3)12-13-22-8-5-6-14-31-22/h4-6,8,10-11,14,16,18,23H,1,7,9,12-13,15,17H2,2-3H3,(H2,30,32,33). The lowest BCUT2D eigenvalue weighted by atomic mass is 9.98. The molecule has 1 fully saturated rings. The fourth-order valence-electron chi connectivity index (χ4n) is 5.48. The Hall–Kier alpha value is -4.20. The molecule has 8 heteroatoms. The second kappa shape index (κ2) is 10.4. The number of fused-ring (bicyclic) bond motifs is 1. The van der Waals surface area contributed by atoms with Gasteiger partial charge in [0.05, 0.1) is 18.5 Å². The van der Waals surface area contributed by atoms with Crippen molar-refractivity contribution < 1.29 is 9.53 Å². The van der Waals surface area contributed by atoms with Crippen LogP contribution in [-0.2, 0) is 17.6 Å². The van der Waals surface area contributed by atoms with Crippen molar-refractivity contribution in [1.82, 2.24) is 24.4 Å². The van der Waals surface area contributed by atoms with Crippen molar-refractivity contribution in [2.45, 2.75) is 38.6 Å². The van der Waals surface area contributed by atoms with E-state index in [1.54, 1.807) is 7.11 Å². The molecule has 0 saturated carbocycles. The summed E-state index contributed by atoms with van der Waals surface area (Å²) in [5.74, 6) is 1.22. The SMILES string of the molecule is C=CC(=O)N1CCCC(n2c(C)c(-c3ccc(CCc4ccccn4)c(OC)c3)c3c(N)ncnc32)C1. The van der Waals surface area contributed by atoms with E-state index in [-0.39, 0.29) is 11.9 Å². The third kappa shape index (κ3) is 4.67. The van der Waals surface area contributed by atoms with Crippen LogP contribution < -0.4 is 10.5 Å². The van der Waals surface area contributed by atoms with Gasteiger partial charge >= 0.3 is 0 Å². The lowest BCUT2D eigenvalue weighted by molar-refractivity contribution is -0.127. The molecule has 37 heavy (non-hydrogen) atoms. The molecule has 5 rings (SSSR count). The van der Waals surface area contributed by atoms with Gasteiger partial charge in [0, 0.05) is 36.2 Å². The highest BCUT2D eigenvalue weighted by Gasteiger charge is 2.29. The lowest BCUT2D eigenvalue weighted by Crippen LogP contribution is -2.40. The topological polar surface area (TPSA) is 99.2 Å². The smallest absolute Gasteiger partial charge is 0.246 e. The van der Waals surface area contributed by atoms with Crippen LogP contribution in [0.3, 0.4) is 0 Å². The fraction of sp³-hybridized carbons (Fsp3) is 0.310. The van der Waals surface area contributed by atoms with Crippen molar-refractivity contribution in [3.8, 4) is 16.9 Å². The Bertz CT molecular complexity index is 1450. The molecule has 4 aromatic rings. The Kier molecular flexibility index (Phi) is 6.90. The number of nitrogen functional groups attached to an aromatic ring is 1. The average molecular weight is 497 g/mol. The molecule has 1 amide bonds. The minimum atomic E-state index is -0.0424. The maximum Gasteiger partial charge on any atom is 0.246 e. The van der Waals surface area contributed by atoms with Crippen molar-refractivity contribution in [2.24, 2.45) is 0 Å². The first kappa shape index (κ1) is 24.5. The van der Waals surface area contributed by atoms with E-state index in [1.807, 2.05) is 29.3 Å². The van der Waals surface area contributed by atoms with E-state index in [0.717, 1.165) is 77.1 Å². The highest BCUT2D eigenvalue weighted by atomic mass is 16.5. The van der Waals surface area contributed by atoms with Crippen molar-refractivity contribution in [3.63, 3.8) is 0 Å². The summed E-state index contributed by atoms with van der Waals surface area (Å²) in [6.45, 7) is 7.09. The van der Waals surface area contributed by atoms with Gasteiger partial charge in [0.1, 0.15) is 23.5 Å². The first-order chi connectivity index (χ1) is 18.0. The van der Waals surface area contributed by atoms with Gasteiger partial charge in [-0.3, -0.25) is 9.78 Å². The number of piperidine rings is 1. The number of benzene rings is 1. The molecule has 0 aliphatic carbocycles. The summed E-state index contributed by atoms with van der Waals surface area (Å²) in [5.41, 5.74) is 12.4. The van der Waals surface area contributed by atoms with Crippen LogP contribution in [0.1, 0.15) is 35.8 Å². The van der Waals surface area contributed by atoms with Gasteiger partial charge in [0.25, 0.3) is 0 Å². The van der Waals surface area contributed by atoms with Gasteiger partial charge in [-0.05, 0) is 68.0 Å². The molecule has 1 aliphatic rings. The average Bonchev–Trinajstić information content (AvgIpc) is 3.24. The van der Waals surface area contributed by atoms with E-state index in [2.05, 4.69) is 51.2 Å². The Morgan fingerprint density at radius 1 is 1.22 bits per heavy atom. The molecule has 1 atom stereocenters. The molecule has 1 aromatic carbocycles. The molecule has 4 heterocycles. The summed E-state index contributed by atoms with van der Waals surface area (Å²) >= 11 is 0. The van der Waals surface area contributed by atoms with Crippen LogP contribution in [0, 0.1) is 6.92 Å². The Morgan fingerprint density at radius 2 is 2.08 bits per heavy atom. The number of nitrogens with zero attached hydrogens (tertiary/aromatic N) is 5. The number of nitrogens with two attached hydrogens (primary N) is 1. The number of pyridine rings is 1. The van der Waals surface area contributed by atoms with Gasteiger partial charge in [-0.2, -0.15) is 0 Å². The monoisotopic (exact) mass is 496 g/mol. The predicted octanol–water partition coefficient (Wildman–Crippen LogP) is 4.53. The molecule has 8 nitrogen and oxygen atoms in total. The van der Waals surface area contributed by atoms with Crippen LogP contribution in [0.25, 0.3) is 22.2 Å². The van der Waals surface area contributed by atoms with Gasteiger partial charge in [0.15, 0.2) is 0 Å². The van der Waals surface area contributed by atoms with Gasteiger partial charge in [-0.25, -0.2) is 9.97 Å². The quantitative estimate of drug-likeness (QED) is 0.378. The number of ether oxygens (including phenoxy) is 1. The zero-order valence-corrected chi connectivity index (χ0v) is 21.4. The second-order valence-electron chi connectivity index (χ2n) is 9.42. The third-order valence-corrected chi connectivity index (χ3v) is 7.26. The van der Waals surface area contributed by atoms with Gasteiger partial charge < -0.3 is 19.9 Å². The maximum absolute atomic E-state index is 12.4. The number of hydrogen-bond acceptors (Lipinski definition) is 6. The van der Waals surface area contributed by atoms with Crippen molar-refractivity contribution in [1.29, 1.82) is 0 Å². The minimum Gasteiger partial charge on any atom is -0.496 e. The lowest BCUT2D eigenvalue weighted by Gasteiger charge is -2.34. The number of carbonyl (C=O) groups is 1. The van der Waals surface area contributed by atoms with Gasteiger partial charge in [0.2, 0.25) is 5.91 Å². The van der Waals surface area contributed by atoms with Crippen LogP contribution in [0.4, 0.5) is 5.82 Å². The zero-order valence-electron chi connectivity index (χ0n) is 21.4. The van der Waals surface area contributed by atoms with Crippen LogP contribution >= 0.6 is 0 Å². The number of aryl methyl sites for hydroxylation is 2. The first-order valence-electron chi connectivity index (χ1n) is 12.6. The van der Waals surface area contributed by atoms with Crippen molar-refractivity contribution in [3.05, 3.63) is 78.5 Å². The fourth-order valence-corrected chi connectivity index (χ4v) is 5.48. The van der Waals surface area contributed by atoms with Gasteiger partial charge in [-0.1, -0.05) is 24.8 Å². The Balaban J connectivity index is 1.55. The number of carbonyl (C=O) groups excluding carboxylic acids is 1. The molecule has 190 valence electrons. The highest BCUT2D eigenvalue weighted by molar-refractivity contribution is 6.02. The molecule has 1 aliphatic heterocycles. The molecular formula is C29H32N6O2. The van der Waals surface area contributed by atoms with Gasteiger partial charge in [-0.15, -0.1) is 0 Å². The number of hydrogen-bond donors (Lipinski definition) is 1. The minimum absolute atomic E-state index is 0.0424. The largest absolute Gasteiger partial charge is 0.496 e. The molecule has 1 unspecified atom stereocenters. The van der Waals surface area contributed by atoms with E-state index in [1.165, 1.54) is 12.4 Å². The second-order valence-corrected chi connectivity index (χ2v) is 9.42. The predicted molar refractivity (Wildman–Crippen MR) is 145 cm³/mol. The van der Waals surface area contributed by atoms with Crippen LogP contribution in [0.15, 0.2) is 61.6 Å². The zero-order chi connectivity index (χ0) is 25.9. The molecule has 0 bridgehead atoms. The maximum atomic E-state index is 12.4. The number of rotatable bonds is 7. The van der Waals surface area contributed by atoms with Crippen molar-refractivity contribution >= 4 is 22.8 Å². The van der Waals surface area contributed by atoms with E-state index >= 15 is 0 Å². The summed E-state index contributed by atoms with van der Waals surface area (Å²) in [5, 5.41) is 0.829. The summed E-state index contributed by atoms with van der Waals surface area (Å²) in [6.07, 6.45) is 8.23. The first-order valence-corrected chi connectivity index (χ1v) is 12.6. The molecule has 3 aromatic heterocycles. The van der Waals surface area contributed by atoms with E-state index in [9.17, 15) is 4.79 Å². The number of methoxy groups -OCH3 is 1. The molecule has 2 N–H and O–H groups in total. The Morgan fingerprint density at radius 3 is 2.84 bits per heavy atom. The summed E-state index contributed by atoms with van der Waals surface area (Å²) in [4.78, 5) is 27.6. The van der Waals surface area contributed by atoms with Crippen LogP contribution in [0.5, 0.6) is 5.75 Å². The molecular weight excluding hydrogens is 464 g/mol. The number of anilines is 1. The number of aromatic nitrogens is 4. The molecule has 0 radical (unpaired) electrons. The molecule has 1 saturated heterocycles. The number of amides is 1. The highest BCUT2D eigenvalue weighted by Crippen LogP contribution is 2.41. The van der Waals surface area contributed by atoms with Crippen molar-refractivity contribution in [2.75, 3.05) is 25.9 Å². The Labute approximate surface area is 216 Å². The van der Waals surface area contributed by atoms with E-state index in [4.69, 9.17) is 10.5 Å². The summed E-state index contributed by atoms with van der Waals surface area (Å²) in [6, 6.07) is 12.4. The van der Waals surface area contributed by atoms with E-state index in [0.29, 0.717) is 12.4 Å². The normalized spacial score (nSPS) is 15.6. The third-order valence-electron chi connectivity index (χ3n) is 7.26.